The van der Waals surface area contributed by atoms with Gasteiger partial charge < -0.3 is 15.1 Å². The number of oxazole rings is 1. The van der Waals surface area contributed by atoms with Crippen LogP contribution in [-0.4, -0.2) is 29.0 Å². The molecular weight excluding hydrogens is 238 g/mol. The van der Waals surface area contributed by atoms with Crippen LogP contribution in [0.1, 0.15) is 31.7 Å². The molecule has 0 saturated carbocycles. The van der Waals surface area contributed by atoms with Crippen LogP contribution in [-0.2, 0) is 6.54 Å². The minimum atomic E-state index is -0.111. The second kappa shape index (κ2) is 5.31. The highest BCUT2D eigenvalue weighted by Gasteiger charge is 2.12. The van der Waals surface area contributed by atoms with E-state index in [2.05, 4.69) is 42.9 Å². The zero-order valence-corrected chi connectivity index (χ0v) is 12.2. The molecule has 0 bridgehead atoms. The average Bonchev–Trinajstić information content (AvgIpc) is 2.65. The summed E-state index contributed by atoms with van der Waals surface area (Å²) in [5.74, 6) is 0.713. The number of hydrogen-bond acceptors (Lipinski definition) is 4. The van der Waals surface area contributed by atoms with Gasteiger partial charge in [0.05, 0.1) is 0 Å². The summed E-state index contributed by atoms with van der Waals surface area (Å²) in [4.78, 5) is 6.58. The Bertz CT molecular complexity index is 554. The Hall–Kier alpha value is -1.39. The van der Waals surface area contributed by atoms with E-state index < -0.39 is 0 Å². The Balaban J connectivity index is 2.00. The van der Waals surface area contributed by atoms with Crippen molar-refractivity contribution in [2.45, 2.75) is 39.3 Å². The van der Waals surface area contributed by atoms with Crippen molar-refractivity contribution in [2.24, 2.45) is 5.73 Å². The van der Waals surface area contributed by atoms with Gasteiger partial charge >= 0.3 is 0 Å². The van der Waals surface area contributed by atoms with Crippen molar-refractivity contribution in [1.82, 2.24) is 9.88 Å². The first-order valence-corrected chi connectivity index (χ1v) is 6.67. The van der Waals surface area contributed by atoms with Gasteiger partial charge in [0.2, 0.25) is 0 Å². The Labute approximate surface area is 114 Å². The molecule has 0 saturated heterocycles. The molecule has 0 spiro atoms. The lowest BCUT2D eigenvalue weighted by molar-refractivity contribution is 0.289. The standard InChI is InChI=1S/C15H23N3O/c1-11-17-13-6-5-12(9-14(13)19-11)10-18(4)8-7-15(2,3)16/h5-6,9H,7-8,10,16H2,1-4H3. The topological polar surface area (TPSA) is 55.3 Å². The summed E-state index contributed by atoms with van der Waals surface area (Å²) < 4.78 is 5.55. The number of benzene rings is 1. The van der Waals surface area contributed by atoms with Crippen LogP contribution in [0.5, 0.6) is 0 Å². The molecule has 0 atom stereocenters. The van der Waals surface area contributed by atoms with Gasteiger partial charge in [0.25, 0.3) is 0 Å². The SMILES string of the molecule is Cc1nc2ccc(CN(C)CCC(C)(C)N)cc2o1. The lowest BCUT2D eigenvalue weighted by atomic mass is 10.0. The molecule has 19 heavy (non-hydrogen) atoms. The number of nitrogens with two attached hydrogens (primary N) is 1. The molecule has 0 aliphatic carbocycles. The van der Waals surface area contributed by atoms with Crippen molar-refractivity contribution in [2.75, 3.05) is 13.6 Å². The summed E-state index contributed by atoms with van der Waals surface area (Å²) in [6.07, 6.45) is 0.979. The zero-order valence-electron chi connectivity index (χ0n) is 12.2. The van der Waals surface area contributed by atoms with E-state index in [1.807, 2.05) is 13.0 Å². The lowest BCUT2D eigenvalue weighted by Crippen LogP contribution is -2.36. The first kappa shape index (κ1) is 14.0. The van der Waals surface area contributed by atoms with E-state index in [1.165, 1.54) is 5.56 Å². The molecule has 1 aromatic carbocycles. The molecule has 2 rings (SSSR count). The van der Waals surface area contributed by atoms with Gasteiger partial charge in [0, 0.05) is 19.0 Å². The van der Waals surface area contributed by atoms with Gasteiger partial charge in [0.15, 0.2) is 11.5 Å². The Morgan fingerprint density at radius 2 is 2.11 bits per heavy atom. The fraction of sp³-hybridized carbons (Fsp3) is 0.533. The molecule has 1 heterocycles. The smallest absolute Gasteiger partial charge is 0.192 e. The molecule has 2 N–H and O–H groups in total. The van der Waals surface area contributed by atoms with Gasteiger partial charge in [-0.2, -0.15) is 0 Å². The van der Waals surface area contributed by atoms with Gasteiger partial charge in [-0.15, -0.1) is 0 Å². The molecule has 104 valence electrons. The first-order valence-electron chi connectivity index (χ1n) is 6.67. The van der Waals surface area contributed by atoms with Gasteiger partial charge in [-0.25, -0.2) is 4.98 Å². The third-order valence-corrected chi connectivity index (χ3v) is 3.15. The van der Waals surface area contributed by atoms with Crippen LogP contribution in [0.15, 0.2) is 22.6 Å². The highest BCUT2D eigenvalue weighted by atomic mass is 16.3. The number of nitrogens with zero attached hydrogens (tertiary/aromatic N) is 2. The van der Waals surface area contributed by atoms with Crippen LogP contribution in [0, 0.1) is 6.92 Å². The summed E-state index contributed by atoms with van der Waals surface area (Å²) in [7, 11) is 2.11. The zero-order chi connectivity index (χ0) is 14.0. The van der Waals surface area contributed by atoms with E-state index in [0.29, 0.717) is 5.89 Å². The minimum absolute atomic E-state index is 0.111. The quantitative estimate of drug-likeness (QED) is 0.899. The molecule has 4 heteroatoms. The maximum atomic E-state index is 6.00. The maximum Gasteiger partial charge on any atom is 0.192 e. The van der Waals surface area contributed by atoms with Crippen molar-refractivity contribution in [3.05, 3.63) is 29.7 Å². The second-order valence-electron chi connectivity index (χ2n) is 6.01. The third-order valence-electron chi connectivity index (χ3n) is 3.15. The predicted octanol–water partition coefficient (Wildman–Crippen LogP) is 2.70. The van der Waals surface area contributed by atoms with E-state index in [0.717, 1.165) is 30.6 Å². The second-order valence-corrected chi connectivity index (χ2v) is 6.01. The first-order chi connectivity index (χ1) is 8.83. The summed E-state index contributed by atoms with van der Waals surface area (Å²) in [5, 5.41) is 0. The maximum absolute atomic E-state index is 6.00. The highest BCUT2D eigenvalue weighted by molar-refractivity contribution is 5.73. The van der Waals surface area contributed by atoms with Crippen LogP contribution < -0.4 is 5.73 Å². The van der Waals surface area contributed by atoms with Crippen molar-refractivity contribution in [1.29, 1.82) is 0 Å². The lowest BCUT2D eigenvalue weighted by Gasteiger charge is -2.23. The van der Waals surface area contributed by atoms with E-state index in [-0.39, 0.29) is 5.54 Å². The fourth-order valence-corrected chi connectivity index (χ4v) is 2.05. The molecule has 0 aliphatic rings. The molecule has 2 aromatic rings. The van der Waals surface area contributed by atoms with E-state index in [1.54, 1.807) is 0 Å². The van der Waals surface area contributed by atoms with E-state index in [4.69, 9.17) is 10.2 Å². The molecule has 0 aliphatic heterocycles. The predicted molar refractivity (Wildman–Crippen MR) is 78.0 cm³/mol. The third kappa shape index (κ3) is 4.04. The minimum Gasteiger partial charge on any atom is -0.441 e. The Morgan fingerprint density at radius 1 is 1.37 bits per heavy atom. The van der Waals surface area contributed by atoms with Gasteiger partial charge in [0.1, 0.15) is 5.52 Å². The van der Waals surface area contributed by atoms with Crippen LogP contribution in [0.3, 0.4) is 0 Å². The normalized spacial score (nSPS) is 12.5. The molecule has 0 radical (unpaired) electrons. The van der Waals surface area contributed by atoms with Crippen LogP contribution >= 0.6 is 0 Å². The highest BCUT2D eigenvalue weighted by Crippen LogP contribution is 2.18. The fourth-order valence-electron chi connectivity index (χ4n) is 2.05. The summed E-state index contributed by atoms with van der Waals surface area (Å²) in [6, 6.07) is 6.19. The van der Waals surface area contributed by atoms with Crippen molar-refractivity contribution < 1.29 is 4.42 Å². The molecule has 4 nitrogen and oxygen atoms in total. The number of hydrogen-bond donors (Lipinski definition) is 1. The Morgan fingerprint density at radius 3 is 2.79 bits per heavy atom. The summed E-state index contributed by atoms with van der Waals surface area (Å²) >= 11 is 0. The monoisotopic (exact) mass is 261 g/mol. The van der Waals surface area contributed by atoms with Crippen LogP contribution in [0.25, 0.3) is 11.1 Å². The average molecular weight is 261 g/mol. The summed E-state index contributed by atoms with van der Waals surface area (Å²) in [6.45, 7) is 7.87. The van der Waals surface area contributed by atoms with Gasteiger partial charge in [-0.3, -0.25) is 0 Å². The van der Waals surface area contributed by atoms with Crippen LogP contribution in [0.4, 0.5) is 0 Å². The largest absolute Gasteiger partial charge is 0.441 e. The number of rotatable bonds is 5. The molecule has 1 aromatic heterocycles. The van der Waals surface area contributed by atoms with E-state index >= 15 is 0 Å². The number of fused-ring (bicyclic) bond motifs is 1. The van der Waals surface area contributed by atoms with Crippen molar-refractivity contribution >= 4 is 11.1 Å². The Kier molecular flexibility index (Phi) is 3.92. The van der Waals surface area contributed by atoms with Gasteiger partial charge in [-0.05, 0) is 51.6 Å². The molecular formula is C15H23N3O. The van der Waals surface area contributed by atoms with Gasteiger partial charge in [-0.1, -0.05) is 6.07 Å². The molecule has 0 amide bonds. The van der Waals surface area contributed by atoms with Crippen LogP contribution in [0.2, 0.25) is 0 Å². The van der Waals surface area contributed by atoms with Crippen molar-refractivity contribution in [3.63, 3.8) is 0 Å². The summed E-state index contributed by atoms with van der Waals surface area (Å²) in [5.41, 5.74) is 8.92. The molecule has 0 fully saturated rings. The number of aryl methyl sites for hydroxylation is 1. The number of aromatic nitrogens is 1. The van der Waals surface area contributed by atoms with Crippen molar-refractivity contribution in [3.8, 4) is 0 Å². The van der Waals surface area contributed by atoms with E-state index in [9.17, 15) is 0 Å². The molecule has 0 unspecified atom stereocenters.